The van der Waals surface area contributed by atoms with Gasteiger partial charge in [-0.25, -0.2) is 0 Å². The van der Waals surface area contributed by atoms with E-state index >= 15 is 0 Å². The molecule has 2 N–H and O–H groups in total. The largest absolute Gasteiger partial charge is 0.498 e. The van der Waals surface area contributed by atoms with Crippen LogP contribution in [0.3, 0.4) is 0 Å². The molecule has 2 atom stereocenters. The van der Waals surface area contributed by atoms with Crippen molar-refractivity contribution in [1.82, 2.24) is 5.32 Å². The highest BCUT2D eigenvalue weighted by Crippen LogP contribution is 2.18. The standard InChI is InChI=1S/C13H16N2O4/c16-12(17)11-9-15(13(18)19,7-6-14-11)8-10-4-2-1-3-5-10/h1-5,11,14H,6-9H2,(H-,16,17,18,19). The van der Waals surface area contributed by atoms with Gasteiger partial charge in [0.25, 0.3) is 6.09 Å². The summed E-state index contributed by atoms with van der Waals surface area (Å²) in [5.41, 5.74) is 0.859. The molecular formula is C13H16N2O4. The first kappa shape index (κ1) is 13.5. The van der Waals surface area contributed by atoms with Crippen molar-refractivity contribution in [2.45, 2.75) is 12.6 Å². The van der Waals surface area contributed by atoms with Crippen molar-refractivity contribution in [2.75, 3.05) is 19.6 Å². The van der Waals surface area contributed by atoms with E-state index in [1.54, 1.807) is 0 Å². The molecule has 1 aliphatic heterocycles. The summed E-state index contributed by atoms with van der Waals surface area (Å²) in [7, 11) is 0. The maximum Gasteiger partial charge on any atom is 0.326 e. The second-order valence-corrected chi connectivity index (χ2v) is 4.81. The van der Waals surface area contributed by atoms with Gasteiger partial charge in [-0.1, -0.05) is 30.3 Å². The zero-order chi connectivity index (χ0) is 13.9. The third-order valence-electron chi connectivity index (χ3n) is 3.48. The lowest BCUT2D eigenvalue weighted by Gasteiger charge is -2.43. The maximum absolute atomic E-state index is 11.5. The average molecular weight is 264 g/mol. The third kappa shape index (κ3) is 2.91. The van der Waals surface area contributed by atoms with E-state index in [0.29, 0.717) is 13.1 Å². The molecule has 1 fully saturated rings. The minimum Gasteiger partial charge on any atom is -0.498 e. The molecule has 19 heavy (non-hydrogen) atoms. The van der Waals surface area contributed by atoms with Crippen LogP contribution in [-0.4, -0.2) is 47.3 Å². The number of hydrogen-bond donors (Lipinski definition) is 2. The molecule has 1 aromatic rings. The van der Waals surface area contributed by atoms with Crippen molar-refractivity contribution < 1.29 is 24.3 Å². The summed E-state index contributed by atoms with van der Waals surface area (Å²) in [5, 5.41) is 23.3. The lowest BCUT2D eigenvalue weighted by molar-refractivity contribution is -0.892. The van der Waals surface area contributed by atoms with E-state index in [-0.39, 0.29) is 17.6 Å². The lowest BCUT2D eigenvalue weighted by atomic mass is 10.1. The number of aliphatic carboxylic acids is 1. The third-order valence-corrected chi connectivity index (χ3v) is 3.48. The Balaban J connectivity index is 2.23. The Morgan fingerprint density at radius 2 is 2.05 bits per heavy atom. The van der Waals surface area contributed by atoms with Gasteiger partial charge in [0.2, 0.25) is 0 Å². The fraction of sp³-hybridized carbons (Fsp3) is 0.385. The average Bonchev–Trinajstić information content (AvgIpc) is 2.40. The Morgan fingerprint density at radius 3 is 2.63 bits per heavy atom. The number of nitrogens with one attached hydrogen (secondary N) is 1. The predicted octanol–water partition coefficient (Wildman–Crippen LogP) is -0.597. The second-order valence-electron chi connectivity index (χ2n) is 4.81. The van der Waals surface area contributed by atoms with Crippen LogP contribution >= 0.6 is 0 Å². The van der Waals surface area contributed by atoms with Crippen LogP contribution in [0.2, 0.25) is 0 Å². The Hall–Kier alpha value is -1.92. The van der Waals surface area contributed by atoms with Crippen LogP contribution in [0.1, 0.15) is 5.56 Å². The molecule has 0 spiro atoms. The Morgan fingerprint density at radius 1 is 1.37 bits per heavy atom. The van der Waals surface area contributed by atoms with Gasteiger partial charge in [0, 0.05) is 12.1 Å². The number of rotatable bonds is 3. The van der Waals surface area contributed by atoms with E-state index in [9.17, 15) is 14.7 Å². The fourth-order valence-electron chi connectivity index (χ4n) is 2.43. The van der Waals surface area contributed by atoms with Crippen molar-refractivity contribution in [1.29, 1.82) is 0 Å². The van der Waals surface area contributed by atoms with E-state index in [2.05, 4.69) is 5.32 Å². The number of piperazine rings is 1. The molecule has 2 rings (SSSR count). The van der Waals surface area contributed by atoms with Crippen molar-refractivity contribution in [3.8, 4) is 0 Å². The van der Waals surface area contributed by atoms with Crippen molar-refractivity contribution in [3.05, 3.63) is 35.9 Å². The summed E-state index contributed by atoms with van der Waals surface area (Å²) < 4.78 is -0.353. The molecule has 1 aromatic carbocycles. The van der Waals surface area contributed by atoms with Gasteiger partial charge in [0.05, 0.1) is 6.54 Å². The maximum atomic E-state index is 11.5. The van der Waals surface area contributed by atoms with Crippen LogP contribution in [-0.2, 0) is 11.3 Å². The van der Waals surface area contributed by atoms with Gasteiger partial charge >= 0.3 is 5.97 Å². The molecule has 0 saturated carbocycles. The molecule has 2 unspecified atom stereocenters. The number of carboxylic acids is 1. The molecular weight excluding hydrogens is 248 g/mol. The minimum absolute atomic E-state index is 0.00738. The van der Waals surface area contributed by atoms with Gasteiger partial charge in [0.1, 0.15) is 13.1 Å². The fourth-order valence-corrected chi connectivity index (χ4v) is 2.43. The van der Waals surface area contributed by atoms with E-state index < -0.39 is 18.1 Å². The Labute approximate surface area is 110 Å². The summed E-state index contributed by atoms with van der Waals surface area (Å²) in [6, 6.07) is 8.33. The highest BCUT2D eigenvalue weighted by atomic mass is 16.4. The molecule has 0 aliphatic carbocycles. The highest BCUT2D eigenvalue weighted by molar-refractivity contribution is 5.74. The molecule has 6 heteroatoms. The quantitative estimate of drug-likeness (QED) is 0.712. The summed E-state index contributed by atoms with van der Waals surface area (Å²) in [5.74, 6) is -1.03. The van der Waals surface area contributed by atoms with Crippen molar-refractivity contribution in [3.63, 3.8) is 0 Å². The molecule has 1 aliphatic rings. The van der Waals surface area contributed by atoms with Gasteiger partial charge in [0.15, 0.2) is 6.04 Å². The van der Waals surface area contributed by atoms with Gasteiger partial charge in [-0.2, -0.15) is 0 Å². The molecule has 102 valence electrons. The lowest BCUT2D eigenvalue weighted by Crippen LogP contribution is -2.69. The van der Waals surface area contributed by atoms with Crippen molar-refractivity contribution >= 4 is 12.1 Å². The monoisotopic (exact) mass is 264 g/mol. The van der Waals surface area contributed by atoms with Crippen LogP contribution < -0.4 is 10.4 Å². The topological polar surface area (TPSA) is 89.5 Å². The zero-order valence-electron chi connectivity index (χ0n) is 10.4. The van der Waals surface area contributed by atoms with E-state index in [0.717, 1.165) is 5.56 Å². The molecule has 0 radical (unpaired) electrons. The Bertz CT molecular complexity index is 477. The first-order valence-corrected chi connectivity index (χ1v) is 6.11. The number of carbonyl (C=O) groups excluding carboxylic acids is 1. The molecule has 0 aromatic heterocycles. The predicted molar refractivity (Wildman–Crippen MR) is 65.0 cm³/mol. The summed E-state index contributed by atoms with van der Waals surface area (Å²) >= 11 is 0. The normalized spacial score (nSPS) is 26.8. The van der Waals surface area contributed by atoms with Crippen LogP contribution in [0, 0.1) is 0 Å². The van der Waals surface area contributed by atoms with Crippen molar-refractivity contribution in [2.24, 2.45) is 0 Å². The summed E-state index contributed by atoms with van der Waals surface area (Å²) in [4.78, 5) is 22.5. The van der Waals surface area contributed by atoms with Crippen LogP contribution in [0.15, 0.2) is 30.3 Å². The second kappa shape index (κ2) is 5.38. The van der Waals surface area contributed by atoms with Crippen LogP contribution in [0.5, 0.6) is 0 Å². The first-order chi connectivity index (χ1) is 9.03. The first-order valence-electron chi connectivity index (χ1n) is 6.11. The number of carbonyl (C=O) groups is 2. The number of carboxylic acid groups (broad SMARTS) is 2. The molecule has 0 bridgehead atoms. The van der Waals surface area contributed by atoms with Crippen LogP contribution in [0.25, 0.3) is 0 Å². The molecule has 1 heterocycles. The van der Waals surface area contributed by atoms with E-state index in [1.807, 2.05) is 30.3 Å². The molecule has 1 amide bonds. The number of benzene rings is 1. The Kier molecular flexibility index (Phi) is 3.82. The van der Waals surface area contributed by atoms with Gasteiger partial charge in [-0.15, -0.1) is 0 Å². The SMILES string of the molecule is O=C(O)C1C[N+](Cc2ccccc2)(C(=O)[O-])CCN1. The number of quaternary nitrogens is 1. The minimum atomic E-state index is -1.23. The van der Waals surface area contributed by atoms with Gasteiger partial charge < -0.3 is 15.0 Å². The number of amides is 1. The highest BCUT2D eigenvalue weighted by Gasteiger charge is 2.40. The van der Waals surface area contributed by atoms with E-state index in [4.69, 9.17) is 5.11 Å². The van der Waals surface area contributed by atoms with E-state index in [1.165, 1.54) is 0 Å². The number of hydrogen-bond acceptors (Lipinski definition) is 4. The smallest absolute Gasteiger partial charge is 0.326 e. The van der Waals surface area contributed by atoms with Gasteiger partial charge in [-0.3, -0.25) is 14.6 Å². The van der Waals surface area contributed by atoms with Gasteiger partial charge in [-0.05, 0) is 0 Å². The number of nitrogens with zero attached hydrogens (tertiary/aromatic N) is 1. The molecule has 6 nitrogen and oxygen atoms in total. The summed E-state index contributed by atoms with van der Waals surface area (Å²) in [6.45, 7) is 0.903. The molecule has 1 saturated heterocycles. The van der Waals surface area contributed by atoms with Crippen LogP contribution in [0.4, 0.5) is 4.79 Å². The summed E-state index contributed by atoms with van der Waals surface area (Å²) in [6.07, 6.45) is -1.23. The zero-order valence-corrected chi connectivity index (χ0v) is 10.4.